The summed E-state index contributed by atoms with van der Waals surface area (Å²) in [6.45, 7) is 0.613. The predicted octanol–water partition coefficient (Wildman–Crippen LogP) is 5.94. The quantitative estimate of drug-likeness (QED) is 0.393. The number of hydrogen-bond donors (Lipinski definition) is 2. The van der Waals surface area contributed by atoms with E-state index in [9.17, 15) is 14.4 Å². The summed E-state index contributed by atoms with van der Waals surface area (Å²) in [6, 6.07) is 16.3. The van der Waals surface area contributed by atoms with Crippen molar-refractivity contribution < 1.29 is 9.18 Å². The zero-order valence-corrected chi connectivity index (χ0v) is 18.7. The van der Waals surface area contributed by atoms with Crippen LogP contribution in [0.3, 0.4) is 0 Å². The van der Waals surface area contributed by atoms with Crippen LogP contribution >= 0.6 is 0 Å². The van der Waals surface area contributed by atoms with Crippen LogP contribution < -0.4 is 5.32 Å². The average Bonchev–Trinajstić information content (AvgIpc) is 3.37. The standard InChI is InChI=1S/C28H25FN4O/c29-21-9-10-27-24(13-21)23(11-12-32-27)19-7-5-18(6-8-19)15-33-28(34)26-17-31-16-25(26)22-4-2-1-3-20(22)14-30/h1-4,9-13,16-19,31H,5-8,15H2,(H,33,34). The molecule has 5 rings (SSSR count). The molecule has 1 amide bonds. The van der Waals surface area contributed by atoms with Crippen LogP contribution in [0.4, 0.5) is 4.39 Å². The smallest absolute Gasteiger partial charge is 0.253 e. The Balaban J connectivity index is 1.22. The minimum Gasteiger partial charge on any atom is -0.366 e. The molecule has 4 aromatic rings. The molecule has 0 spiro atoms. The molecule has 0 bridgehead atoms. The van der Waals surface area contributed by atoms with E-state index < -0.39 is 0 Å². The Bertz CT molecular complexity index is 1380. The number of halogens is 1. The monoisotopic (exact) mass is 452 g/mol. The minimum atomic E-state index is -0.236. The lowest BCUT2D eigenvalue weighted by molar-refractivity contribution is 0.0943. The highest BCUT2D eigenvalue weighted by Crippen LogP contribution is 2.38. The maximum atomic E-state index is 13.8. The van der Waals surface area contributed by atoms with E-state index in [4.69, 9.17) is 0 Å². The summed E-state index contributed by atoms with van der Waals surface area (Å²) < 4.78 is 13.8. The Morgan fingerprint density at radius 1 is 1.09 bits per heavy atom. The maximum Gasteiger partial charge on any atom is 0.253 e. The van der Waals surface area contributed by atoms with Crippen molar-refractivity contribution in [1.29, 1.82) is 5.26 Å². The highest BCUT2D eigenvalue weighted by atomic mass is 19.1. The molecule has 1 aliphatic rings. The van der Waals surface area contributed by atoms with Gasteiger partial charge in [-0.1, -0.05) is 18.2 Å². The van der Waals surface area contributed by atoms with E-state index in [0.717, 1.165) is 47.7 Å². The Morgan fingerprint density at radius 2 is 1.91 bits per heavy atom. The number of aromatic amines is 1. The number of carbonyl (C=O) groups excluding carboxylic acids is 1. The van der Waals surface area contributed by atoms with Gasteiger partial charge in [-0.2, -0.15) is 5.26 Å². The van der Waals surface area contributed by atoms with Crippen LogP contribution in [0, 0.1) is 23.1 Å². The second kappa shape index (κ2) is 9.48. The lowest BCUT2D eigenvalue weighted by Gasteiger charge is -2.29. The molecular weight excluding hydrogens is 427 g/mol. The molecule has 2 aromatic heterocycles. The number of nitriles is 1. The van der Waals surface area contributed by atoms with Gasteiger partial charge in [0, 0.05) is 41.6 Å². The number of fused-ring (bicyclic) bond motifs is 1. The van der Waals surface area contributed by atoms with Crippen molar-refractivity contribution in [3.8, 4) is 17.2 Å². The molecule has 5 nitrogen and oxygen atoms in total. The first kappa shape index (κ1) is 21.8. The molecule has 0 atom stereocenters. The summed E-state index contributed by atoms with van der Waals surface area (Å²) in [7, 11) is 0. The molecule has 2 aromatic carbocycles. The molecule has 0 radical (unpaired) electrons. The molecule has 2 N–H and O–H groups in total. The van der Waals surface area contributed by atoms with E-state index in [1.165, 1.54) is 11.6 Å². The first-order valence-corrected chi connectivity index (χ1v) is 11.6. The minimum absolute atomic E-state index is 0.137. The first-order chi connectivity index (χ1) is 16.6. The Labute approximate surface area is 197 Å². The lowest BCUT2D eigenvalue weighted by atomic mass is 9.78. The molecule has 1 fully saturated rings. The van der Waals surface area contributed by atoms with Gasteiger partial charge in [-0.25, -0.2) is 4.39 Å². The third-order valence-corrected chi connectivity index (χ3v) is 6.90. The van der Waals surface area contributed by atoms with Gasteiger partial charge in [0.2, 0.25) is 0 Å². The van der Waals surface area contributed by atoms with Gasteiger partial charge in [0.25, 0.3) is 5.91 Å². The zero-order valence-electron chi connectivity index (χ0n) is 18.7. The molecule has 0 aliphatic heterocycles. The number of hydrogen-bond acceptors (Lipinski definition) is 3. The highest BCUT2D eigenvalue weighted by Gasteiger charge is 2.25. The van der Waals surface area contributed by atoms with Crippen LogP contribution in [-0.2, 0) is 0 Å². The number of nitrogens with zero attached hydrogens (tertiary/aromatic N) is 2. The fourth-order valence-electron chi connectivity index (χ4n) is 5.10. The van der Waals surface area contributed by atoms with E-state index in [0.29, 0.717) is 29.5 Å². The summed E-state index contributed by atoms with van der Waals surface area (Å²) in [4.78, 5) is 20.3. The van der Waals surface area contributed by atoms with Gasteiger partial charge in [0.1, 0.15) is 5.82 Å². The molecule has 1 saturated carbocycles. The van der Waals surface area contributed by atoms with Gasteiger partial charge >= 0.3 is 0 Å². The molecule has 2 heterocycles. The summed E-state index contributed by atoms with van der Waals surface area (Å²) in [6.07, 6.45) is 9.26. The zero-order chi connectivity index (χ0) is 23.5. The van der Waals surface area contributed by atoms with Gasteiger partial charge in [0.15, 0.2) is 0 Å². The van der Waals surface area contributed by atoms with Crippen LogP contribution in [0.25, 0.3) is 22.0 Å². The molecule has 1 aliphatic carbocycles. The summed E-state index contributed by atoms with van der Waals surface area (Å²) in [5.41, 5.74) is 4.56. The first-order valence-electron chi connectivity index (χ1n) is 11.6. The van der Waals surface area contributed by atoms with Gasteiger partial charge in [0.05, 0.1) is 22.7 Å². The summed E-state index contributed by atoms with van der Waals surface area (Å²) in [5, 5.41) is 13.4. The Morgan fingerprint density at radius 3 is 2.74 bits per heavy atom. The van der Waals surface area contributed by atoms with Gasteiger partial charge in [-0.05, 0) is 73.4 Å². The SMILES string of the molecule is N#Cc1ccccc1-c1c[nH]cc1C(=O)NCC1CCC(c2ccnc3ccc(F)cc23)CC1. The number of H-pyrrole nitrogens is 1. The molecule has 0 saturated heterocycles. The largest absolute Gasteiger partial charge is 0.366 e. The van der Waals surface area contributed by atoms with Crippen molar-refractivity contribution in [1.82, 2.24) is 15.3 Å². The molecule has 6 heteroatoms. The number of amides is 1. The van der Waals surface area contributed by atoms with E-state index in [2.05, 4.69) is 21.4 Å². The second-order valence-corrected chi connectivity index (χ2v) is 8.93. The van der Waals surface area contributed by atoms with Crippen LogP contribution in [0.1, 0.15) is 53.1 Å². The van der Waals surface area contributed by atoms with Crippen molar-refractivity contribution in [2.45, 2.75) is 31.6 Å². The van der Waals surface area contributed by atoms with Crippen molar-refractivity contribution in [2.75, 3.05) is 6.54 Å². The molecule has 170 valence electrons. The van der Waals surface area contributed by atoms with Gasteiger partial charge < -0.3 is 10.3 Å². The van der Waals surface area contributed by atoms with Gasteiger partial charge in [-0.15, -0.1) is 0 Å². The van der Waals surface area contributed by atoms with Gasteiger partial charge in [-0.3, -0.25) is 9.78 Å². The van der Waals surface area contributed by atoms with Crippen molar-refractivity contribution >= 4 is 16.8 Å². The number of rotatable bonds is 5. The Kier molecular flexibility index (Phi) is 6.09. The van der Waals surface area contributed by atoms with Crippen LogP contribution in [0.5, 0.6) is 0 Å². The van der Waals surface area contributed by atoms with Crippen LogP contribution in [0.2, 0.25) is 0 Å². The fourth-order valence-corrected chi connectivity index (χ4v) is 5.10. The van der Waals surface area contributed by atoms with E-state index in [1.807, 2.05) is 24.3 Å². The number of carbonyl (C=O) groups is 1. The predicted molar refractivity (Wildman–Crippen MR) is 130 cm³/mol. The second-order valence-electron chi connectivity index (χ2n) is 8.93. The normalized spacial score (nSPS) is 17.9. The van der Waals surface area contributed by atoms with E-state index in [-0.39, 0.29) is 11.7 Å². The number of nitrogens with one attached hydrogen (secondary N) is 2. The molecular formula is C28H25FN4O. The fraction of sp³-hybridized carbons (Fsp3) is 0.250. The highest BCUT2D eigenvalue weighted by molar-refractivity contribution is 6.01. The molecule has 0 unspecified atom stereocenters. The lowest BCUT2D eigenvalue weighted by Crippen LogP contribution is -2.31. The van der Waals surface area contributed by atoms with Crippen LogP contribution in [0.15, 0.2) is 67.1 Å². The summed E-state index contributed by atoms with van der Waals surface area (Å²) in [5.74, 6) is 0.401. The average molecular weight is 453 g/mol. The van der Waals surface area contributed by atoms with Crippen molar-refractivity contribution in [3.63, 3.8) is 0 Å². The number of benzene rings is 2. The van der Waals surface area contributed by atoms with E-state index >= 15 is 0 Å². The Hall–Kier alpha value is -3.98. The van der Waals surface area contributed by atoms with Crippen LogP contribution in [-0.4, -0.2) is 22.4 Å². The molecule has 34 heavy (non-hydrogen) atoms. The van der Waals surface area contributed by atoms with Crippen molar-refractivity contribution in [2.24, 2.45) is 5.92 Å². The third-order valence-electron chi connectivity index (χ3n) is 6.90. The number of aromatic nitrogens is 2. The maximum absolute atomic E-state index is 13.8. The summed E-state index contributed by atoms with van der Waals surface area (Å²) >= 11 is 0. The third kappa shape index (κ3) is 4.29. The topological polar surface area (TPSA) is 81.6 Å². The van der Waals surface area contributed by atoms with Crippen molar-refractivity contribution in [3.05, 3.63) is 89.6 Å². The van der Waals surface area contributed by atoms with E-state index in [1.54, 1.807) is 36.8 Å². The number of pyridine rings is 1.